The van der Waals surface area contributed by atoms with E-state index in [9.17, 15) is 15.3 Å². The fourth-order valence-corrected chi connectivity index (χ4v) is 2.42. The Morgan fingerprint density at radius 3 is 2.71 bits per heavy atom. The van der Waals surface area contributed by atoms with Crippen molar-refractivity contribution in [2.45, 2.75) is 30.6 Å². The third-order valence-electron chi connectivity index (χ3n) is 3.61. The van der Waals surface area contributed by atoms with Gasteiger partial charge in [-0.05, 0) is 0 Å². The summed E-state index contributed by atoms with van der Waals surface area (Å²) in [5, 5.41) is 29.0. The van der Waals surface area contributed by atoms with Crippen LogP contribution in [0.5, 0.6) is 0 Å². The molecule has 3 rings (SSSR count). The fraction of sp³-hybridized carbons (Fsp3) is 0.545. The van der Waals surface area contributed by atoms with E-state index in [0.29, 0.717) is 11.2 Å². The van der Waals surface area contributed by atoms with E-state index >= 15 is 0 Å². The van der Waals surface area contributed by atoms with Gasteiger partial charge in [0, 0.05) is 0 Å². The molecule has 0 aliphatic carbocycles. The number of aliphatic hydroxyl groups excluding tert-OH is 3. The van der Waals surface area contributed by atoms with Crippen molar-refractivity contribution in [3.63, 3.8) is 0 Å². The van der Waals surface area contributed by atoms with E-state index in [1.54, 1.807) is 0 Å². The van der Waals surface area contributed by atoms with Gasteiger partial charge in [-0.2, -0.15) is 0 Å². The molecule has 21 heavy (non-hydrogen) atoms. The molecule has 0 aromatic carbocycles. The van der Waals surface area contributed by atoms with Gasteiger partial charge < -0.3 is 31.5 Å². The van der Waals surface area contributed by atoms with Crippen LogP contribution in [-0.4, -0.2) is 65.8 Å². The molecule has 10 heteroatoms. The maximum absolute atomic E-state index is 9.99. The van der Waals surface area contributed by atoms with E-state index < -0.39 is 37.2 Å². The largest absolute Gasteiger partial charge is 0.394 e. The van der Waals surface area contributed by atoms with Gasteiger partial charge in [0.05, 0.1) is 19.0 Å². The van der Waals surface area contributed by atoms with Gasteiger partial charge in [0.25, 0.3) is 0 Å². The number of nitrogen functional groups attached to an aromatic ring is 1. The van der Waals surface area contributed by atoms with Crippen molar-refractivity contribution in [1.82, 2.24) is 19.5 Å². The topological polar surface area (TPSA) is 166 Å². The number of fused-ring (bicyclic) bond motifs is 1. The molecular weight excluding hydrogens is 280 g/mol. The zero-order valence-electron chi connectivity index (χ0n) is 10.9. The molecule has 0 radical (unpaired) electrons. The molecule has 10 nitrogen and oxygen atoms in total. The van der Waals surface area contributed by atoms with Crippen LogP contribution >= 0.6 is 0 Å². The summed E-state index contributed by atoms with van der Waals surface area (Å²) in [6.07, 6.45) is -1.63. The minimum atomic E-state index is -1.27. The Hall–Kier alpha value is -1.85. The van der Waals surface area contributed by atoms with E-state index in [1.807, 2.05) is 0 Å². The number of aliphatic hydroxyl groups is 3. The monoisotopic (exact) mass is 296 g/mol. The summed E-state index contributed by atoms with van der Waals surface area (Å²) in [6, 6.07) is -0.920. The van der Waals surface area contributed by atoms with Crippen LogP contribution in [0.4, 0.5) is 5.82 Å². The molecule has 0 amide bonds. The van der Waals surface area contributed by atoms with Crippen LogP contribution in [0.2, 0.25) is 0 Å². The second kappa shape index (κ2) is 5.16. The predicted molar refractivity (Wildman–Crippen MR) is 70.7 cm³/mol. The van der Waals surface area contributed by atoms with Gasteiger partial charge in [0.1, 0.15) is 30.2 Å². The Kier molecular flexibility index (Phi) is 3.47. The maximum atomic E-state index is 9.99. The van der Waals surface area contributed by atoms with Crippen LogP contribution in [-0.2, 0) is 4.74 Å². The van der Waals surface area contributed by atoms with Crippen molar-refractivity contribution >= 4 is 17.0 Å². The summed E-state index contributed by atoms with van der Waals surface area (Å²) in [7, 11) is 0. The van der Waals surface area contributed by atoms with Gasteiger partial charge in [0.2, 0.25) is 0 Å². The third kappa shape index (κ3) is 2.13. The molecule has 1 aliphatic heterocycles. The molecule has 0 saturated carbocycles. The lowest BCUT2D eigenvalue weighted by Crippen LogP contribution is -2.59. The van der Waals surface area contributed by atoms with Crippen LogP contribution in [0.15, 0.2) is 12.7 Å². The third-order valence-corrected chi connectivity index (χ3v) is 3.61. The number of imidazole rings is 1. The van der Waals surface area contributed by atoms with E-state index in [4.69, 9.17) is 16.2 Å². The highest BCUT2D eigenvalue weighted by Gasteiger charge is 2.43. The summed E-state index contributed by atoms with van der Waals surface area (Å²) in [4.78, 5) is 12.0. The smallest absolute Gasteiger partial charge is 0.167 e. The number of nitrogens with two attached hydrogens (primary N) is 2. The van der Waals surface area contributed by atoms with Crippen molar-refractivity contribution in [2.24, 2.45) is 5.73 Å². The van der Waals surface area contributed by atoms with Crippen LogP contribution in [0.1, 0.15) is 6.23 Å². The molecule has 7 N–H and O–H groups in total. The first-order valence-electron chi connectivity index (χ1n) is 6.35. The number of anilines is 1. The minimum absolute atomic E-state index is 0.211. The summed E-state index contributed by atoms with van der Waals surface area (Å²) in [6.45, 7) is -0.453. The Balaban J connectivity index is 2.03. The van der Waals surface area contributed by atoms with Gasteiger partial charge in [-0.3, -0.25) is 4.57 Å². The number of rotatable bonds is 2. The van der Waals surface area contributed by atoms with Gasteiger partial charge in [-0.25, -0.2) is 15.0 Å². The average Bonchev–Trinajstić information content (AvgIpc) is 2.91. The molecule has 2 aromatic rings. The van der Waals surface area contributed by atoms with Gasteiger partial charge >= 0.3 is 0 Å². The average molecular weight is 296 g/mol. The summed E-state index contributed by atoms with van der Waals surface area (Å²) < 4.78 is 7.06. The number of ether oxygens (including phenoxy) is 1. The minimum Gasteiger partial charge on any atom is -0.394 e. The van der Waals surface area contributed by atoms with Gasteiger partial charge in [-0.15, -0.1) is 0 Å². The van der Waals surface area contributed by atoms with E-state index in [1.165, 1.54) is 17.2 Å². The molecule has 0 spiro atoms. The summed E-state index contributed by atoms with van der Waals surface area (Å²) >= 11 is 0. The lowest BCUT2D eigenvalue weighted by atomic mass is 9.97. The van der Waals surface area contributed by atoms with Gasteiger partial charge in [-0.1, -0.05) is 0 Å². The SMILES string of the molecule is Nc1ncnc2c1ncn2[C@@H]1O[C@H](CO)[C@@H](O)[C@H](O)[C@H]1N. The second-order valence-electron chi connectivity index (χ2n) is 4.89. The first-order chi connectivity index (χ1) is 10.0. The Morgan fingerprint density at radius 1 is 1.24 bits per heavy atom. The lowest BCUT2D eigenvalue weighted by molar-refractivity contribution is -0.209. The zero-order chi connectivity index (χ0) is 15.1. The van der Waals surface area contributed by atoms with Crippen molar-refractivity contribution < 1.29 is 20.1 Å². The first kappa shape index (κ1) is 14.1. The number of hydrogen-bond acceptors (Lipinski definition) is 9. The van der Waals surface area contributed by atoms with Crippen LogP contribution in [0.3, 0.4) is 0 Å². The lowest BCUT2D eigenvalue weighted by Gasteiger charge is -2.41. The molecule has 0 unspecified atom stereocenters. The summed E-state index contributed by atoms with van der Waals surface area (Å²) in [5.74, 6) is 0.211. The number of nitrogens with zero attached hydrogens (tertiary/aromatic N) is 4. The van der Waals surface area contributed by atoms with Crippen molar-refractivity contribution in [3.8, 4) is 0 Å². The normalized spacial score (nSPS) is 33.4. The molecule has 1 aliphatic rings. The van der Waals surface area contributed by atoms with Crippen LogP contribution in [0, 0.1) is 0 Å². The van der Waals surface area contributed by atoms with E-state index in [2.05, 4.69) is 15.0 Å². The Morgan fingerprint density at radius 2 is 2.00 bits per heavy atom. The van der Waals surface area contributed by atoms with E-state index in [0.717, 1.165) is 0 Å². The molecule has 0 bridgehead atoms. The molecule has 114 valence electrons. The van der Waals surface area contributed by atoms with Crippen molar-refractivity contribution in [2.75, 3.05) is 12.3 Å². The number of hydrogen-bond donors (Lipinski definition) is 5. The van der Waals surface area contributed by atoms with Gasteiger partial charge in [0.15, 0.2) is 17.7 Å². The molecule has 3 heterocycles. The quantitative estimate of drug-likeness (QED) is 0.397. The molecule has 5 atom stereocenters. The van der Waals surface area contributed by atoms with Crippen molar-refractivity contribution in [1.29, 1.82) is 0 Å². The molecule has 1 saturated heterocycles. The van der Waals surface area contributed by atoms with Crippen LogP contribution < -0.4 is 11.5 Å². The molecule has 1 fully saturated rings. The van der Waals surface area contributed by atoms with E-state index in [-0.39, 0.29) is 5.82 Å². The highest BCUT2D eigenvalue weighted by molar-refractivity contribution is 5.81. The Bertz CT molecular complexity index is 647. The highest BCUT2D eigenvalue weighted by Crippen LogP contribution is 2.29. The number of aromatic nitrogens is 4. The first-order valence-corrected chi connectivity index (χ1v) is 6.35. The van der Waals surface area contributed by atoms with Crippen LogP contribution in [0.25, 0.3) is 11.2 Å². The fourth-order valence-electron chi connectivity index (χ4n) is 2.42. The maximum Gasteiger partial charge on any atom is 0.167 e. The standard InChI is InChI=1S/C11H16N6O4/c12-5-8(20)7(19)4(1-18)21-11(5)17-3-16-6-9(13)14-2-15-10(6)17/h2-5,7-8,11,18-20H,1,12H2,(H2,13,14,15)/t4-,5-,7-,8-,11-/m1/s1. The summed E-state index contributed by atoms with van der Waals surface area (Å²) in [5.41, 5.74) is 12.4. The molecule has 2 aromatic heterocycles. The zero-order valence-corrected chi connectivity index (χ0v) is 10.9. The second-order valence-corrected chi connectivity index (χ2v) is 4.89. The Labute approximate surface area is 119 Å². The predicted octanol–water partition coefficient (Wildman–Crippen LogP) is -2.65. The highest BCUT2D eigenvalue weighted by atomic mass is 16.5. The van der Waals surface area contributed by atoms with Crippen molar-refractivity contribution in [3.05, 3.63) is 12.7 Å². The molecular formula is C11H16N6O4.